The molecule has 106 valence electrons. The molecular weight excluding hydrogens is 240 g/mol. The Kier molecular flexibility index (Phi) is 6.36. The van der Waals surface area contributed by atoms with Crippen molar-refractivity contribution in [3.8, 4) is 5.75 Å². The number of rotatable bonds is 8. The van der Waals surface area contributed by atoms with Gasteiger partial charge in [0.15, 0.2) is 0 Å². The fourth-order valence-electron chi connectivity index (χ4n) is 1.87. The lowest BCUT2D eigenvalue weighted by Gasteiger charge is -2.18. The van der Waals surface area contributed by atoms with Crippen LogP contribution in [0.25, 0.3) is 0 Å². The maximum Gasteiger partial charge on any atom is 0.220 e. The van der Waals surface area contributed by atoms with Crippen molar-refractivity contribution >= 4 is 5.91 Å². The third-order valence-corrected chi connectivity index (χ3v) is 2.94. The maximum atomic E-state index is 10.7. The second-order valence-electron chi connectivity index (χ2n) is 4.78. The molecule has 0 saturated carbocycles. The Morgan fingerprint density at radius 2 is 2.21 bits per heavy atom. The summed E-state index contributed by atoms with van der Waals surface area (Å²) in [4.78, 5) is 10.7. The Hall–Kier alpha value is -1.55. The average molecular weight is 264 g/mol. The summed E-state index contributed by atoms with van der Waals surface area (Å²) in [5.41, 5.74) is 7.43. The number of benzene rings is 1. The van der Waals surface area contributed by atoms with Gasteiger partial charge in [0, 0.05) is 11.6 Å². The summed E-state index contributed by atoms with van der Waals surface area (Å²) in [7, 11) is 0. The van der Waals surface area contributed by atoms with Crippen LogP contribution in [0.1, 0.15) is 43.9 Å². The van der Waals surface area contributed by atoms with Crippen molar-refractivity contribution in [2.45, 2.75) is 39.7 Å². The van der Waals surface area contributed by atoms with Crippen LogP contribution >= 0.6 is 0 Å². The second-order valence-corrected chi connectivity index (χ2v) is 4.78. The smallest absolute Gasteiger partial charge is 0.220 e. The molecule has 0 aliphatic rings. The molecule has 3 N–H and O–H groups in total. The number of carbonyl (C=O) groups excluding carboxylic acids is 1. The third kappa shape index (κ3) is 5.30. The fourth-order valence-corrected chi connectivity index (χ4v) is 1.87. The third-order valence-electron chi connectivity index (χ3n) is 2.94. The highest BCUT2D eigenvalue weighted by Gasteiger charge is 2.11. The lowest BCUT2D eigenvalue weighted by molar-refractivity contribution is -0.118. The predicted molar refractivity (Wildman–Crippen MR) is 77.2 cm³/mol. The van der Waals surface area contributed by atoms with E-state index in [1.165, 1.54) is 5.56 Å². The van der Waals surface area contributed by atoms with Crippen LogP contribution in [-0.2, 0) is 4.79 Å². The summed E-state index contributed by atoms with van der Waals surface area (Å²) in [5.74, 6) is 0.480. The molecule has 4 nitrogen and oxygen atoms in total. The van der Waals surface area contributed by atoms with Gasteiger partial charge in [-0.15, -0.1) is 0 Å². The van der Waals surface area contributed by atoms with E-state index in [-0.39, 0.29) is 18.4 Å². The standard InChI is InChI=1S/C15H24N2O2/c1-4-8-17-12(3)13-10-11(2)5-6-14(13)19-9-7-15(16)18/h5-6,10,12,17H,4,7-9H2,1-3H3,(H2,16,18). The number of carbonyl (C=O) groups is 1. The monoisotopic (exact) mass is 264 g/mol. The molecule has 1 atom stereocenters. The Morgan fingerprint density at radius 3 is 2.84 bits per heavy atom. The largest absolute Gasteiger partial charge is 0.493 e. The van der Waals surface area contributed by atoms with Gasteiger partial charge in [0.05, 0.1) is 13.0 Å². The molecular formula is C15H24N2O2. The van der Waals surface area contributed by atoms with E-state index in [0.717, 1.165) is 24.3 Å². The Labute approximate surface area is 115 Å². The van der Waals surface area contributed by atoms with Crippen molar-refractivity contribution in [3.63, 3.8) is 0 Å². The molecule has 0 aromatic heterocycles. The van der Waals surface area contributed by atoms with E-state index >= 15 is 0 Å². The summed E-state index contributed by atoms with van der Waals surface area (Å²) >= 11 is 0. The number of nitrogens with two attached hydrogens (primary N) is 1. The van der Waals surface area contributed by atoms with Gasteiger partial charge < -0.3 is 15.8 Å². The zero-order chi connectivity index (χ0) is 14.3. The highest BCUT2D eigenvalue weighted by Crippen LogP contribution is 2.26. The summed E-state index contributed by atoms with van der Waals surface area (Å²) in [5, 5.41) is 3.44. The van der Waals surface area contributed by atoms with Gasteiger partial charge in [0.2, 0.25) is 5.91 Å². The molecule has 0 spiro atoms. The highest BCUT2D eigenvalue weighted by atomic mass is 16.5. The van der Waals surface area contributed by atoms with E-state index in [1.54, 1.807) is 0 Å². The van der Waals surface area contributed by atoms with Gasteiger partial charge >= 0.3 is 0 Å². The molecule has 1 aromatic carbocycles. The molecule has 0 bridgehead atoms. The number of aryl methyl sites for hydroxylation is 1. The van der Waals surface area contributed by atoms with Crippen LogP contribution in [0.15, 0.2) is 18.2 Å². The second kappa shape index (κ2) is 7.79. The molecule has 4 heteroatoms. The van der Waals surface area contributed by atoms with E-state index < -0.39 is 0 Å². The van der Waals surface area contributed by atoms with Gasteiger partial charge in [0.1, 0.15) is 5.75 Å². The van der Waals surface area contributed by atoms with Gasteiger partial charge in [0.25, 0.3) is 0 Å². The number of ether oxygens (including phenoxy) is 1. The Morgan fingerprint density at radius 1 is 1.47 bits per heavy atom. The first-order valence-electron chi connectivity index (χ1n) is 6.79. The molecule has 1 rings (SSSR count). The first-order chi connectivity index (χ1) is 9.04. The van der Waals surface area contributed by atoms with Crippen LogP contribution in [0.4, 0.5) is 0 Å². The first kappa shape index (κ1) is 15.5. The number of primary amides is 1. The van der Waals surface area contributed by atoms with Crippen LogP contribution in [-0.4, -0.2) is 19.1 Å². The molecule has 0 aliphatic carbocycles. The SMILES string of the molecule is CCCNC(C)c1cc(C)ccc1OCCC(N)=O. The lowest BCUT2D eigenvalue weighted by atomic mass is 10.0. The zero-order valence-corrected chi connectivity index (χ0v) is 12.0. The minimum Gasteiger partial charge on any atom is -0.493 e. The Balaban J connectivity index is 2.75. The molecule has 1 amide bonds. The molecule has 0 aliphatic heterocycles. The average Bonchev–Trinajstić information content (AvgIpc) is 2.37. The van der Waals surface area contributed by atoms with Crippen molar-refractivity contribution in [2.75, 3.05) is 13.2 Å². The molecule has 1 aromatic rings. The van der Waals surface area contributed by atoms with Crippen LogP contribution in [0, 0.1) is 6.92 Å². The van der Waals surface area contributed by atoms with Crippen LogP contribution < -0.4 is 15.8 Å². The minimum atomic E-state index is -0.342. The summed E-state index contributed by atoms with van der Waals surface area (Å²) in [6, 6.07) is 6.31. The van der Waals surface area contributed by atoms with Gasteiger partial charge in [-0.2, -0.15) is 0 Å². The molecule has 0 radical (unpaired) electrons. The number of amides is 1. The van der Waals surface area contributed by atoms with Gasteiger partial charge in [-0.05, 0) is 32.9 Å². The number of hydrogen-bond acceptors (Lipinski definition) is 3. The highest BCUT2D eigenvalue weighted by molar-refractivity contribution is 5.73. The summed E-state index contributed by atoms with van der Waals surface area (Å²) in [6.45, 7) is 7.61. The minimum absolute atomic E-state index is 0.225. The molecule has 0 heterocycles. The Bertz CT molecular complexity index is 419. The van der Waals surface area contributed by atoms with Crippen molar-refractivity contribution in [1.82, 2.24) is 5.32 Å². The predicted octanol–water partition coefficient (Wildman–Crippen LogP) is 2.31. The normalized spacial score (nSPS) is 12.2. The van der Waals surface area contributed by atoms with E-state index in [9.17, 15) is 4.79 Å². The molecule has 1 unspecified atom stereocenters. The maximum absolute atomic E-state index is 10.7. The van der Waals surface area contributed by atoms with Crippen LogP contribution in [0.5, 0.6) is 5.75 Å². The van der Waals surface area contributed by atoms with Gasteiger partial charge in [-0.3, -0.25) is 4.79 Å². The van der Waals surface area contributed by atoms with Crippen molar-refractivity contribution < 1.29 is 9.53 Å². The van der Waals surface area contributed by atoms with Crippen LogP contribution in [0.3, 0.4) is 0 Å². The van der Waals surface area contributed by atoms with Crippen molar-refractivity contribution in [3.05, 3.63) is 29.3 Å². The van der Waals surface area contributed by atoms with E-state index in [0.29, 0.717) is 6.61 Å². The lowest BCUT2D eigenvalue weighted by Crippen LogP contribution is -2.20. The number of nitrogens with one attached hydrogen (secondary N) is 1. The molecule has 0 fully saturated rings. The fraction of sp³-hybridized carbons (Fsp3) is 0.533. The topological polar surface area (TPSA) is 64.3 Å². The van der Waals surface area contributed by atoms with Gasteiger partial charge in [-0.25, -0.2) is 0 Å². The number of hydrogen-bond donors (Lipinski definition) is 2. The summed E-state index contributed by atoms with van der Waals surface area (Å²) in [6.07, 6.45) is 1.33. The van der Waals surface area contributed by atoms with Crippen molar-refractivity contribution in [2.24, 2.45) is 5.73 Å². The van der Waals surface area contributed by atoms with Gasteiger partial charge in [-0.1, -0.05) is 24.6 Å². The zero-order valence-electron chi connectivity index (χ0n) is 12.0. The summed E-state index contributed by atoms with van der Waals surface area (Å²) < 4.78 is 5.66. The quantitative estimate of drug-likeness (QED) is 0.757. The molecule has 19 heavy (non-hydrogen) atoms. The van der Waals surface area contributed by atoms with E-state index in [1.807, 2.05) is 12.1 Å². The van der Waals surface area contributed by atoms with Crippen LogP contribution in [0.2, 0.25) is 0 Å². The molecule has 0 saturated heterocycles. The van der Waals surface area contributed by atoms with E-state index in [2.05, 4.69) is 32.2 Å². The van der Waals surface area contributed by atoms with E-state index in [4.69, 9.17) is 10.5 Å². The first-order valence-corrected chi connectivity index (χ1v) is 6.79. The van der Waals surface area contributed by atoms with Crippen molar-refractivity contribution in [1.29, 1.82) is 0 Å².